The fourth-order valence-corrected chi connectivity index (χ4v) is 9.47. The zero-order valence-corrected chi connectivity index (χ0v) is 31.0. The van der Waals surface area contributed by atoms with E-state index in [0.717, 1.165) is 45.5 Å². The monoisotopic (exact) mass is 799 g/mol. The molecule has 8 rings (SSSR count). The number of benzene rings is 3. The van der Waals surface area contributed by atoms with Crippen LogP contribution in [0.4, 0.5) is 0 Å². The van der Waals surface area contributed by atoms with Crippen molar-refractivity contribution in [1.29, 1.82) is 0 Å². The standard InChI is InChI=1S/C29H32NOSi.C12H10N.Ir/c1-29(2)19-11-13-23(29)22(16-19)18-10-14-24(30-17-18)20-12-15-26(32(3,4)5)27-21-8-6-7-9-25(21)31-28(20)27;1-10-7-8-13-12(9-10)11-5-3-2-4-6-11;/h6-10,14-15,17,19,22-23H,11,13,16H2,1-5H3;2-5,7-9H,1H3;/q2*-1;. The third kappa shape index (κ3) is 5.94. The van der Waals surface area contributed by atoms with E-state index in [1.54, 1.807) is 0 Å². The van der Waals surface area contributed by atoms with Crippen LogP contribution in [0.15, 0.2) is 95.7 Å². The van der Waals surface area contributed by atoms with Crippen LogP contribution in [0.3, 0.4) is 0 Å². The summed E-state index contributed by atoms with van der Waals surface area (Å²) in [6, 6.07) is 33.8. The van der Waals surface area contributed by atoms with Crippen LogP contribution in [0, 0.1) is 36.3 Å². The topological polar surface area (TPSA) is 38.9 Å². The number of furan rings is 1. The van der Waals surface area contributed by atoms with E-state index in [1.807, 2.05) is 42.6 Å². The van der Waals surface area contributed by atoms with Crippen molar-refractivity contribution in [2.75, 3.05) is 0 Å². The number of nitrogens with zero attached hydrogens (tertiary/aromatic N) is 2. The summed E-state index contributed by atoms with van der Waals surface area (Å²) >= 11 is 0. The van der Waals surface area contributed by atoms with E-state index >= 15 is 0 Å². The molecule has 0 amide bonds. The van der Waals surface area contributed by atoms with Gasteiger partial charge in [-0.1, -0.05) is 86.4 Å². The summed E-state index contributed by atoms with van der Waals surface area (Å²) in [6.07, 6.45) is 8.05. The molecule has 46 heavy (non-hydrogen) atoms. The van der Waals surface area contributed by atoms with Crippen molar-refractivity contribution in [3.05, 3.63) is 115 Å². The Labute approximate surface area is 288 Å². The molecule has 3 aromatic carbocycles. The van der Waals surface area contributed by atoms with Crippen molar-refractivity contribution >= 4 is 35.2 Å². The predicted octanol–water partition coefficient (Wildman–Crippen LogP) is 10.4. The van der Waals surface area contributed by atoms with Gasteiger partial charge in [0.05, 0.1) is 5.58 Å². The van der Waals surface area contributed by atoms with Crippen molar-refractivity contribution in [3.8, 4) is 22.5 Å². The van der Waals surface area contributed by atoms with E-state index in [2.05, 4.69) is 106 Å². The summed E-state index contributed by atoms with van der Waals surface area (Å²) in [5.41, 5.74) is 8.98. The summed E-state index contributed by atoms with van der Waals surface area (Å²) in [7, 11) is -1.56. The van der Waals surface area contributed by atoms with Crippen molar-refractivity contribution in [3.63, 3.8) is 0 Å². The minimum Gasteiger partial charge on any atom is -0.501 e. The fourth-order valence-electron chi connectivity index (χ4n) is 7.97. The van der Waals surface area contributed by atoms with Gasteiger partial charge in [0.1, 0.15) is 5.58 Å². The molecule has 2 aliphatic rings. The minimum atomic E-state index is -1.56. The van der Waals surface area contributed by atoms with Crippen LogP contribution >= 0.6 is 0 Å². The molecule has 6 aromatic rings. The number of fused-ring (bicyclic) bond motifs is 5. The van der Waals surface area contributed by atoms with E-state index in [9.17, 15) is 0 Å². The third-order valence-corrected chi connectivity index (χ3v) is 12.5. The maximum absolute atomic E-state index is 6.42. The quantitative estimate of drug-likeness (QED) is 0.132. The second-order valence-corrected chi connectivity index (χ2v) is 19.7. The number of hydrogen-bond acceptors (Lipinski definition) is 3. The van der Waals surface area contributed by atoms with E-state index in [0.29, 0.717) is 11.3 Å². The third-order valence-electron chi connectivity index (χ3n) is 10.5. The van der Waals surface area contributed by atoms with Gasteiger partial charge in [0.15, 0.2) is 0 Å². The Morgan fingerprint density at radius 3 is 2.35 bits per heavy atom. The average molecular weight is 799 g/mol. The number of para-hydroxylation sites is 1. The van der Waals surface area contributed by atoms with Gasteiger partial charge in [0.25, 0.3) is 0 Å². The van der Waals surface area contributed by atoms with Crippen LogP contribution in [-0.2, 0) is 20.1 Å². The zero-order valence-electron chi connectivity index (χ0n) is 27.6. The second-order valence-electron chi connectivity index (χ2n) is 14.6. The number of pyridine rings is 2. The predicted molar refractivity (Wildman–Crippen MR) is 189 cm³/mol. The summed E-state index contributed by atoms with van der Waals surface area (Å²) in [5.74, 6) is 2.33. The van der Waals surface area contributed by atoms with E-state index in [4.69, 9.17) is 9.40 Å². The molecule has 5 heteroatoms. The molecular formula is C41H42IrN2OSi-2. The first-order valence-corrected chi connectivity index (χ1v) is 19.8. The molecule has 3 aromatic heterocycles. The first-order chi connectivity index (χ1) is 21.6. The second kappa shape index (κ2) is 12.7. The Morgan fingerprint density at radius 2 is 1.70 bits per heavy atom. The van der Waals surface area contributed by atoms with Crippen LogP contribution in [0.25, 0.3) is 44.5 Å². The largest absolute Gasteiger partial charge is 0.501 e. The number of aryl methyl sites for hydroxylation is 1. The minimum absolute atomic E-state index is 0. The molecule has 3 unspecified atom stereocenters. The van der Waals surface area contributed by atoms with E-state index in [1.165, 1.54) is 46.3 Å². The molecule has 2 saturated carbocycles. The molecule has 0 N–H and O–H groups in total. The fraction of sp³-hybridized carbons (Fsp3) is 0.317. The molecular weight excluding hydrogens is 757 g/mol. The number of rotatable bonds is 4. The van der Waals surface area contributed by atoms with Gasteiger partial charge in [0, 0.05) is 46.0 Å². The molecule has 0 spiro atoms. The Kier molecular flexibility index (Phi) is 8.97. The van der Waals surface area contributed by atoms with E-state index < -0.39 is 8.07 Å². The summed E-state index contributed by atoms with van der Waals surface area (Å²) < 4.78 is 6.42. The number of aromatic nitrogens is 2. The van der Waals surface area contributed by atoms with Crippen LogP contribution < -0.4 is 5.19 Å². The van der Waals surface area contributed by atoms with Gasteiger partial charge in [-0.25, -0.2) is 0 Å². The first-order valence-electron chi connectivity index (χ1n) is 16.3. The van der Waals surface area contributed by atoms with Crippen LogP contribution in [0.2, 0.25) is 19.6 Å². The number of hydrogen-bond donors (Lipinski definition) is 0. The first kappa shape index (κ1) is 32.6. The summed E-state index contributed by atoms with van der Waals surface area (Å²) in [5, 5.41) is 3.87. The van der Waals surface area contributed by atoms with Crippen molar-refractivity contribution in [2.24, 2.45) is 17.3 Å². The molecule has 3 heterocycles. The van der Waals surface area contributed by atoms with Crippen LogP contribution in [0.1, 0.15) is 50.2 Å². The summed E-state index contributed by atoms with van der Waals surface area (Å²) in [6.45, 7) is 14.2. The van der Waals surface area contributed by atoms with Gasteiger partial charge >= 0.3 is 0 Å². The zero-order chi connectivity index (χ0) is 31.3. The van der Waals surface area contributed by atoms with Crippen LogP contribution in [-0.4, -0.2) is 18.0 Å². The normalized spacial score (nSPS) is 19.9. The molecule has 0 saturated heterocycles. The molecule has 2 aliphatic carbocycles. The smallest absolute Gasteiger partial charge is 0.120 e. The van der Waals surface area contributed by atoms with Gasteiger partial charge in [-0.3, -0.25) is 0 Å². The average Bonchev–Trinajstić information content (AvgIpc) is 3.65. The molecule has 3 atom stereocenters. The Bertz CT molecular complexity index is 1970. The van der Waals surface area contributed by atoms with Gasteiger partial charge < -0.3 is 14.4 Å². The Morgan fingerprint density at radius 1 is 0.891 bits per heavy atom. The van der Waals surface area contributed by atoms with E-state index in [-0.39, 0.29) is 20.1 Å². The molecule has 2 bridgehead atoms. The Balaban J connectivity index is 0.000000223. The molecule has 237 valence electrons. The Hall–Kier alpha value is -3.37. The van der Waals surface area contributed by atoms with Crippen LogP contribution in [0.5, 0.6) is 0 Å². The maximum Gasteiger partial charge on any atom is 0.120 e. The SMILES string of the molecule is CC1(C)C2CCC1C(c1ccc(-c3[c-]cc([Si](C)(C)C)c4c3oc3ccccc34)nc1)C2.Cc1ccnc(-c2[c-]cccc2)c1.[Ir]. The molecule has 2 fully saturated rings. The molecule has 3 nitrogen and oxygen atoms in total. The van der Waals surface area contributed by atoms with Gasteiger partial charge in [-0.2, -0.15) is 0 Å². The molecule has 1 radical (unpaired) electrons. The van der Waals surface area contributed by atoms with Crippen molar-refractivity contribution in [2.45, 2.75) is 65.6 Å². The maximum atomic E-state index is 6.42. The van der Waals surface area contributed by atoms with Gasteiger partial charge in [-0.05, 0) is 78.4 Å². The van der Waals surface area contributed by atoms with Gasteiger partial charge in [-0.15, -0.1) is 53.2 Å². The van der Waals surface area contributed by atoms with Crippen molar-refractivity contribution in [1.82, 2.24) is 9.97 Å². The van der Waals surface area contributed by atoms with Gasteiger partial charge in [0.2, 0.25) is 0 Å². The summed E-state index contributed by atoms with van der Waals surface area (Å²) in [4.78, 5) is 9.24. The van der Waals surface area contributed by atoms with Crippen molar-refractivity contribution < 1.29 is 24.5 Å². The molecule has 0 aliphatic heterocycles.